The summed E-state index contributed by atoms with van der Waals surface area (Å²) in [4.78, 5) is 28.7. The summed E-state index contributed by atoms with van der Waals surface area (Å²) in [5.41, 5.74) is -0.00272. The number of aliphatic hydroxyl groups is 2. The van der Waals surface area contributed by atoms with E-state index in [1.165, 1.54) is 11.3 Å². The number of aryl methyl sites for hydroxylation is 1. The molecule has 9 heteroatoms. The van der Waals surface area contributed by atoms with Crippen LogP contribution in [0.5, 0.6) is 0 Å². The fourth-order valence-electron chi connectivity index (χ4n) is 3.78. The number of hydrogen-bond donors (Lipinski definition) is 2. The van der Waals surface area contributed by atoms with Crippen molar-refractivity contribution in [2.24, 2.45) is 5.41 Å². The van der Waals surface area contributed by atoms with Crippen molar-refractivity contribution < 1.29 is 19.7 Å². The van der Waals surface area contributed by atoms with Gasteiger partial charge >= 0.3 is 0 Å². The summed E-state index contributed by atoms with van der Waals surface area (Å²) >= 11 is 1.30. The Hall–Kier alpha value is -1.94. The molecular weight excluding hydrogens is 392 g/mol. The maximum Gasteiger partial charge on any atom is 0.265 e. The van der Waals surface area contributed by atoms with Crippen molar-refractivity contribution in [3.63, 3.8) is 0 Å². The molecule has 0 radical (unpaired) electrons. The molecule has 8 nitrogen and oxygen atoms in total. The van der Waals surface area contributed by atoms with Gasteiger partial charge in [0.05, 0.1) is 18.4 Å². The molecule has 1 saturated heterocycles. The van der Waals surface area contributed by atoms with Crippen LogP contribution in [0.4, 0.5) is 0 Å². The molecule has 1 fully saturated rings. The fraction of sp³-hybridized carbons (Fsp3) is 0.600. The van der Waals surface area contributed by atoms with Crippen LogP contribution in [0.3, 0.4) is 0 Å². The van der Waals surface area contributed by atoms with Crippen molar-refractivity contribution in [2.75, 3.05) is 33.4 Å². The number of nitrogens with zero attached hydrogens (tertiary/aromatic N) is 4. The maximum atomic E-state index is 13.3. The van der Waals surface area contributed by atoms with Gasteiger partial charge in [-0.3, -0.25) is 4.79 Å². The summed E-state index contributed by atoms with van der Waals surface area (Å²) in [7, 11) is 1.63. The number of thiazole rings is 1. The first-order valence-corrected chi connectivity index (χ1v) is 10.7. The summed E-state index contributed by atoms with van der Waals surface area (Å²) in [6, 6.07) is 1.74. The second-order valence-electron chi connectivity index (χ2n) is 7.37. The van der Waals surface area contributed by atoms with Crippen LogP contribution in [0.25, 0.3) is 10.8 Å². The minimum absolute atomic E-state index is 0.113. The highest BCUT2D eigenvalue weighted by Crippen LogP contribution is 2.36. The van der Waals surface area contributed by atoms with Gasteiger partial charge in [0, 0.05) is 44.6 Å². The first-order valence-electron chi connectivity index (χ1n) is 9.89. The average Bonchev–Trinajstić information content (AvgIpc) is 3.20. The minimum Gasteiger partial charge on any atom is -0.396 e. The lowest BCUT2D eigenvalue weighted by Gasteiger charge is -2.45. The zero-order chi connectivity index (χ0) is 20.9. The Kier molecular flexibility index (Phi) is 7.28. The van der Waals surface area contributed by atoms with E-state index in [2.05, 4.69) is 15.0 Å². The van der Waals surface area contributed by atoms with E-state index < -0.39 is 11.5 Å². The number of aliphatic hydroxyl groups excluding tert-OH is 2. The molecule has 29 heavy (non-hydrogen) atoms. The molecule has 0 spiro atoms. The summed E-state index contributed by atoms with van der Waals surface area (Å²) in [5, 5.41) is 21.3. The van der Waals surface area contributed by atoms with E-state index in [9.17, 15) is 15.0 Å². The molecule has 1 aliphatic heterocycles. The predicted octanol–water partition coefficient (Wildman–Crippen LogP) is 1.77. The van der Waals surface area contributed by atoms with E-state index in [1.54, 1.807) is 30.5 Å². The number of ether oxygens (including phenoxy) is 1. The largest absolute Gasteiger partial charge is 0.396 e. The Bertz CT molecular complexity index is 816. The minimum atomic E-state index is -0.727. The molecule has 0 aliphatic carbocycles. The summed E-state index contributed by atoms with van der Waals surface area (Å²) < 4.78 is 5.11. The second kappa shape index (κ2) is 9.71. The number of carbonyl (C=O) groups excluding carboxylic acids is 1. The van der Waals surface area contributed by atoms with E-state index in [4.69, 9.17) is 4.74 Å². The van der Waals surface area contributed by atoms with E-state index in [0.29, 0.717) is 61.1 Å². The number of carbonyl (C=O) groups is 1. The van der Waals surface area contributed by atoms with Crippen molar-refractivity contribution >= 4 is 17.2 Å². The normalized spacial score (nSPS) is 22.1. The zero-order valence-electron chi connectivity index (χ0n) is 16.9. The van der Waals surface area contributed by atoms with Gasteiger partial charge in [-0.1, -0.05) is 6.92 Å². The van der Waals surface area contributed by atoms with Gasteiger partial charge in [0.1, 0.15) is 4.88 Å². The molecule has 2 aromatic rings. The lowest BCUT2D eigenvalue weighted by atomic mass is 9.74. The van der Waals surface area contributed by atoms with E-state index in [-0.39, 0.29) is 12.5 Å². The Labute approximate surface area is 174 Å². The Balaban J connectivity index is 1.83. The third-order valence-corrected chi connectivity index (χ3v) is 6.58. The molecule has 1 aliphatic rings. The number of amides is 1. The van der Waals surface area contributed by atoms with Crippen LogP contribution in [0.1, 0.15) is 41.6 Å². The summed E-state index contributed by atoms with van der Waals surface area (Å²) in [5.74, 6) is 0.391. The quantitative estimate of drug-likeness (QED) is 0.627. The third kappa shape index (κ3) is 4.63. The Morgan fingerprint density at radius 2 is 2.17 bits per heavy atom. The molecule has 1 amide bonds. The van der Waals surface area contributed by atoms with E-state index in [0.717, 1.165) is 5.69 Å². The van der Waals surface area contributed by atoms with Crippen LogP contribution < -0.4 is 0 Å². The van der Waals surface area contributed by atoms with E-state index in [1.807, 2.05) is 6.92 Å². The van der Waals surface area contributed by atoms with E-state index >= 15 is 0 Å². The monoisotopic (exact) mass is 420 g/mol. The van der Waals surface area contributed by atoms with Gasteiger partial charge in [-0.15, -0.1) is 11.3 Å². The smallest absolute Gasteiger partial charge is 0.265 e. The first-order chi connectivity index (χ1) is 14.0. The molecule has 158 valence electrons. The van der Waals surface area contributed by atoms with Crippen LogP contribution in [0, 0.1) is 5.41 Å². The molecule has 0 bridgehead atoms. The van der Waals surface area contributed by atoms with Crippen molar-refractivity contribution in [1.29, 1.82) is 0 Å². The van der Waals surface area contributed by atoms with Crippen LogP contribution >= 0.6 is 11.3 Å². The van der Waals surface area contributed by atoms with Crippen LogP contribution in [-0.2, 0) is 11.2 Å². The lowest BCUT2D eigenvalue weighted by molar-refractivity contribution is -0.0744. The molecule has 3 heterocycles. The number of hydrogen-bond acceptors (Lipinski definition) is 8. The van der Waals surface area contributed by atoms with Gasteiger partial charge in [0.2, 0.25) is 0 Å². The fourth-order valence-corrected chi connectivity index (χ4v) is 4.85. The SMILES string of the molecule is CCc1nc(-c2ncccn2)sc1C(=O)N1CC[C@@H](O)[C@@](CO)(CCCOC)C1. The highest BCUT2D eigenvalue weighted by atomic mass is 32.1. The Morgan fingerprint density at radius 1 is 1.41 bits per heavy atom. The maximum absolute atomic E-state index is 13.3. The molecule has 0 saturated carbocycles. The zero-order valence-corrected chi connectivity index (χ0v) is 17.7. The van der Waals surface area contributed by atoms with Crippen LogP contribution in [0.15, 0.2) is 18.5 Å². The van der Waals surface area contributed by atoms with Gasteiger partial charge in [-0.05, 0) is 31.7 Å². The van der Waals surface area contributed by atoms with Crippen molar-refractivity contribution in [3.8, 4) is 10.8 Å². The first kappa shape index (κ1) is 21.8. The van der Waals surface area contributed by atoms with Gasteiger partial charge in [-0.25, -0.2) is 15.0 Å². The molecule has 3 rings (SSSR count). The summed E-state index contributed by atoms with van der Waals surface area (Å²) in [6.45, 7) is 3.10. The van der Waals surface area contributed by atoms with Gasteiger partial charge in [-0.2, -0.15) is 0 Å². The van der Waals surface area contributed by atoms with Crippen molar-refractivity contribution in [3.05, 3.63) is 29.0 Å². The van der Waals surface area contributed by atoms with Gasteiger partial charge in [0.25, 0.3) is 5.91 Å². The third-order valence-electron chi connectivity index (χ3n) is 5.49. The highest BCUT2D eigenvalue weighted by molar-refractivity contribution is 7.17. The number of methoxy groups -OCH3 is 1. The molecule has 0 unspecified atom stereocenters. The molecule has 2 atom stereocenters. The molecule has 2 N–H and O–H groups in total. The summed E-state index contributed by atoms with van der Waals surface area (Å²) in [6.07, 6.45) is 5.03. The van der Waals surface area contributed by atoms with Crippen LogP contribution in [-0.4, -0.2) is 75.5 Å². The predicted molar refractivity (Wildman–Crippen MR) is 110 cm³/mol. The number of piperidine rings is 1. The second-order valence-corrected chi connectivity index (χ2v) is 8.37. The number of rotatable bonds is 8. The van der Waals surface area contributed by atoms with Gasteiger partial charge in [0.15, 0.2) is 10.8 Å². The molecule has 0 aromatic carbocycles. The molecule has 2 aromatic heterocycles. The highest BCUT2D eigenvalue weighted by Gasteiger charge is 2.43. The van der Waals surface area contributed by atoms with Crippen molar-refractivity contribution in [2.45, 2.75) is 38.7 Å². The van der Waals surface area contributed by atoms with Crippen molar-refractivity contribution in [1.82, 2.24) is 19.9 Å². The molecular formula is C20H28N4O4S. The Morgan fingerprint density at radius 3 is 2.83 bits per heavy atom. The lowest BCUT2D eigenvalue weighted by Crippen LogP contribution is -2.55. The topological polar surface area (TPSA) is 109 Å². The standard InChI is InChI=1S/C20H28N4O4S/c1-3-14-16(29-18(23-14)17-21-8-5-9-22-17)19(27)24-10-6-15(26)20(12-24,13-25)7-4-11-28-2/h5,8-9,15,25-26H,3-4,6-7,10-13H2,1-2H3/t15-,20+/m1/s1. The van der Waals surface area contributed by atoms with Crippen LogP contribution in [0.2, 0.25) is 0 Å². The number of likely N-dealkylation sites (tertiary alicyclic amines) is 1. The van der Waals surface area contributed by atoms with Gasteiger partial charge < -0.3 is 19.8 Å². The number of aromatic nitrogens is 3. The average molecular weight is 421 g/mol.